The van der Waals surface area contributed by atoms with Crippen LogP contribution in [-0.2, 0) is 0 Å². The van der Waals surface area contributed by atoms with Crippen molar-refractivity contribution < 1.29 is 4.74 Å². The van der Waals surface area contributed by atoms with Crippen LogP contribution in [0.1, 0.15) is 37.7 Å². The van der Waals surface area contributed by atoms with Gasteiger partial charge in [-0.2, -0.15) is 5.10 Å². The minimum Gasteiger partial charge on any atom is -0.489 e. The quantitative estimate of drug-likeness (QED) is 0.365. The first-order chi connectivity index (χ1) is 10.8. The van der Waals surface area contributed by atoms with E-state index >= 15 is 0 Å². The number of hydrogen-bond donors (Lipinski definition) is 2. The van der Waals surface area contributed by atoms with Crippen LogP contribution in [-0.4, -0.2) is 24.0 Å². The number of hydrogen-bond acceptors (Lipinski definition) is 3. The van der Waals surface area contributed by atoms with Crippen LogP contribution in [0.5, 0.6) is 5.75 Å². The summed E-state index contributed by atoms with van der Waals surface area (Å²) in [4.78, 5) is 0. The van der Waals surface area contributed by atoms with Gasteiger partial charge in [-0.3, -0.25) is 5.43 Å². The van der Waals surface area contributed by atoms with E-state index in [0.717, 1.165) is 11.3 Å². The first-order valence-corrected chi connectivity index (χ1v) is 8.12. The number of rotatable bonds is 6. The second-order valence-electron chi connectivity index (χ2n) is 5.32. The van der Waals surface area contributed by atoms with Crippen molar-refractivity contribution in [3.8, 4) is 5.75 Å². The molecule has 4 nitrogen and oxygen atoms in total. The molecule has 0 saturated heterocycles. The number of benzene rings is 1. The van der Waals surface area contributed by atoms with E-state index < -0.39 is 0 Å². The summed E-state index contributed by atoms with van der Waals surface area (Å²) in [5.41, 5.74) is 3.78. The van der Waals surface area contributed by atoms with Crippen LogP contribution in [0.4, 0.5) is 0 Å². The molecule has 1 aromatic carbocycles. The molecule has 2 rings (SSSR count). The van der Waals surface area contributed by atoms with Crippen LogP contribution < -0.4 is 15.5 Å². The van der Waals surface area contributed by atoms with Crippen molar-refractivity contribution in [1.29, 1.82) is 0 Å². The van der Waals surface area contributed by atoms with Gasteiger partial charge in [0.25, 0.3) is 0 Å². The molecular weight excluding hydrogens is 294 g/mol. The van der Waals surface area contributed by atoms with Gasteiger partial charge in [0.15, 0.2) is 5.11 Å². The second-order valence-corrected chi connectivity index (χ2v) is 5.72. The molecular formula is C17H23N3OS. The molecule has 0 unspecified atom stereocenters. The molecule has 1 aliphatic carbocycles. The summed E-state index contributed by atoms with van der Waals surface area (Å²) in [6.45, 7) is 4.12. The third-order valence-corrected chi connectivity index (χ3v) is 3.79. The van der Waals surface area contributed by atoms with Gasteiger partial charge >= 0.3 is 0 Å². The highest BCUT2D eigenvalue weighted by Gasteiger charge is 2.13. The molecule has 0 aliphatic heterocycles. The lowest BCUT2D eigenvalue weighted by molar-refractivity contribution is 0.362. The molecule has 0 bridgehead atoms. The van der Waals surface area contributed by atoms with Gasteiger partial charge in [-0.15, -0.1) is 0 Å². The fraction of sp³-hybridized carbons (Fsp3) is 0.412. The zero-order valence-electron chi connectivity index (χ0n) is 12.8. The summed E-state index contributed by atoms with van der Waals surface area (Å²) in [5.74, 6) is 0.777. The number of ether oxygens (including phenoxy) is 1. The molecule has 22 heavy (non-hydrogen) atoms. The minimum atomic E-state index is 0.472. The normalized spacial score (nSPS) is 15.5. The monoisotopic (exact) mass is 317 g/mol. The molecule has 0 amide bonds. The highest BCUT2D eigenvalue weighted by molar-refractivity contribution is 7.80. The van der Waals surface area contributed by atoms with E-state index in [1.807, 2.05) is 24.3 Å². The highest BCUT2D eigenvalue weighted by Crippen LogP contribution is 2.17. The maximum Gasteiger partial charge on any atom is 0.187 e. The summed E-state index contributed by atoms with van der Waals surface area (Å²) in [5, 5.41) is 8.08. The predicted molar refractivity (Wildman–Crippen MR) is 95.5 cm³/mol. The Balaban J connectivity index is 1.83. The average Bonchev–Trinajstić information content (AvgIpc) is 2.55. The van der Waals surface area contributed by atoms with Crippen molar-refractivity contribution in [2.24, 2.45) is 5.10 Å². The van der Waals surface area contributed by atoms with Gasteiger partial charge < -0.3 is 10.1 Å². The molecule has 0 aromatic heterocycles. The number of hydrazone groups is 1. The Hall–Kier alpha value is -1.88. The molecule has 1 saturated carbocycles. The summed E-state index contributed by atoms with van der Waals surface area (Å²) in [7, 11) is 0. The fourth-order valence-corrected chi connectivity index (χ4v) is 2.71. The molecule has 0 radical (unpaired) electrons. The van der Waals surface area contributed by atoms with Crippen molar-refractivity contribution in [3.05, 3.63) is 42.5 Å². The van der Waals surface area contributed by atoms with Crippen molar-refractivity contribution in [2.45, 2.75) is 38.1 Å². The number of para-hydroxylation sites is 1. The fourth-order valence-electron chi connectivity index (χ4n) is 2.49. The van der Waals surface area contributed by atoms with E-state index in [0.29, 0.717) is 17.8 Å². The van der Waals surface area contributed by atoms with Crippen molar-refractivity contribution >= 4 is 23.5 Å². The van der Waals surface area contributed by atoms with Crippen LogP contribution in [0.2, 0.25) is 0 Å². The summed E-state index contributed by atoms with van der Waals surface area (Å²) < 4.78 is 5.58. The lowest BCUT2D eigenvalue weighted by atomic mass is 9.96. The predicted octanol–water partition coefficient (Wildman–Crippen LogP) is 3.38. The van der Waals surface area contributed by atoms with Gasteiger partial charge in [-0.1, -0.05) is 44.1 Å². The second kappa shape index (κ2) is 9.20. The number of nitrogens with zero attached hydrogens (tertiary/aromatic N) is 1. The van der Waals surface area contributed by atoms with E-state index in [1.54, 1.807) is 12.3 Å². The van der Waals surface area contributed by atoms with Crippen LogP contribution in [0.25, 0.3) is 0 Å². The molecule has 0 atom stereocenters. The van der Waals surface area contributed by atoms with Crippen LogP contribution in [0, 0.1) is 0 Å². The molecule has 1 aromatic rings. The third kappa shape index (κ3) is 5.48. The van der Waals surface area contributed by atoms with Gasteiger partial charge in [-0.25, -0.2) is 0 Å². The van der Waals surface area contributed by atoms with Crippen molar-refractivity contribution in [3.63, 3.8) is 0 Å². The minimum absolute atomic E-state index is 0.472. The molecule has 118 valence electrons. The Kier molecular flexibility index (Phi) is 6.90. The van der Waals surface area contributed by atoms with Crippen molar-refractivity contribution in [2.75, 3.05) is 6.61 Å². The van der Waals surface area contributed by atoms with Crippen LogP contribution >= 0.6 is 12.2 Å². The Bertz CT molecular complexity index is 524. The Morgan fingerprint density at radius 1 is 1.32 bits per heavy atom. The zero-order valence-corrected chi connectivity index (χ0v) is 13.6. The maximum atomic E-state index is 5.58. The summed E-state index contributed by atoms with van der Waals surface area (Å²) >= 11 is 5.27. The SMILES string of the molecule is C=CCOc1ccccc1/C=N\NC(=S)NC1CCCCC1. The summed E-state index contributed by atoms with van der Waals surface area (Å²) in [6.07, 6.45) is 9.68. The number of nitrogens with one attached hydrogen (secondary N) is 2. The van der Waals surface area contributed by atoms with Gasteiger partial charge in [0.05, 0.1) is 6.21 Å². The summed E-state index contributed by atoms with van der Waals surface area (Å²) in [6, 6.07) is 8.20. The molecule has 5 heteroatoms. The number of thiocarbonyl (C=S) groups is 1. The van der Waals surface area contributed by atoms with Gasteiger partial charge in [0.1, 0.15) is 12.4 Å². The third-order valence-electron chi connectivity index (χ3n) is 3.59. The van der Waals surface area contributed by atoms with Crippen LogP contribution in [0.15, 0.2) is 42.0 Å². The Morgan fingerprint density at radius 2 is 2.09 bits per heavy atom. The van der Waals surface area contributed by atoms with Gasteiger partial charge in [0.2, 0.25) is 0 Å². The molecule has 1 fully saturated rings. The first kappa shape index (κ1) is 16.5. The van der Waals surface area contributed by atoms with E-state index in [9.17, 15) is 0 Å². The average molecular weight is 317 g/mol. The lowest BCUT2D eigenvalue weighted by Crippen LogP contribution is -2.40. The van der Waals surface area contributed by atoms with E-state index in [1.165, 1.54) is 32.1 Å². The topological polar surface area (TPSA) is 45.6 Å². The Morgan fingerprint density at radius 3 is 2.86 bits per heavy atom. The lowest BCUT2D eigenvalue weighted by Gasteiger charge is -2.23. The van der Waals surface area contributed by atoms with E-state index in [-0.39, 0.29) is 0 Å². The van der Waals surface area contributed by atoms with E-state index in [4.69, 9.17) is 17.0 Å². The zero-order chi connectivity index (χ0) is 15.6. The smallest absolute Gasteiger partial charge is 0.187 e. The Labute approximate surface area is 137 Å². The highest BCUT2D eigenvalue weighted by atomic mass is 32.1. The maximum absolute atomic E-state index is 5.58. The van der Waals surface area contributed by atoms with Gasteiger partial charge in [0, 0.05) is 11.6 Å². The molecule has 0 spiro atoms. The standard InChI is InChI=1S/C17H23N3OS/c1-2-12-21-16-11-7-6-8-14(16)13-18-20-17(22)19-15-9-4-3-5-10-15/h2,6-8,11,13,15H,1,3-5,9-10,12H2,(H2,19,20,22)/b18-13-. The van der Waals surface area contributed by atoms with Gasteiger partial charge in [-0.05, 0) is 37.2 Å². The van der Waals surface area contributed by atoms with Crippen LogP contribution in [0.3, 0.4) is 0 Å². The molecule has 0 heterocycles. The van der Waals surface area contributed by atoms with E-state index in [2.05, 4.69) is 22.4 Å². The molecule has 1 aliphatic rings. The van der Waals surface area contributed by atoms with Crippen molar-refractivity contribution in [1.82, 2.24) is 10.7 Å². The first-order valence-electron chi connectivity index (χ1n) is 7.72. The largest absolute Gasteiger partial charge is 0.489 e. The molecule has 2 N–H and O–H groups in total.